The summed E-state index contributed by atoms with van der Waals surface area (Å²) in [5, 5.41) is 2.67. The predicted molar refractivity (Wildman–Crippen MR) is 88.3 cm³/mol. The van der Waals surface area contributed by atoms with E-state index >= 15 is 0 Å². The molecule has 2 heterocycles. The van der Waals surface area contributed by atoms with Crippen molar-refractivity contribution >= 4 is 16.9 Å². The lowest BCUT2D eigenvalue weighted by molar-refractivity contribution is -0.137. The summed E-state index contributed by atoms with van der Waals surface area (Å²) in [5.74, 6) is 0.0402. The molecular formula is C17H16F3N5O. The maximum atomic E-state index is 12.9. The van der Waals surface area contributed by atoms with Crippen LogP contribution in [0, 0.1) is 6.92 Å². The molecule has 0 fully saturated rings. The van der Waals surface area contributed by atoms with E-state index in [1.54, 1.807) is 11.5 Å². The molecule has 2 aromatic heterocycles. The van der Waals surface area contributed by atoms with E-state index < -0.39 is 17.6 Å². The number of hydrogen-bond donors (Lipinski definition) is 1. The van der Waals surface area contributed by atoms with Gasteiger partial charge in [0.1, 0.15) is 11.5 Å². The van der Waals surface area contributed by atoms with E-state index in [4.69, 9.17) is 0 Å². The number of carbonyl (C=O) groups is 1. The molecule has 3 aromatic rings. The Morgan fingerprint density at radius 1 is 1.23 bits per heavy atom. The lowest BCUT2D eigenvalue weighted by Crippen LogP contribution is -2.25. The quantitative estimate of drug-likeness (QED) is 0.773. The number of fused-ring (bicyclic) bond motifs is 1. The van der Waals surface area contributed by atoms with Gasteiger partial charge in [0.2, 0.25) is 0 Å². The monoisotopic (exact) mass is 363 g/mol. The number of carbonyl (C=O) groups excluding carboxylic acids is 1. The minimum atomic E-state index is -4.43. The van der Waals surface area contributed by atoms with Crippen molar-refractivity contribution in [1.29, 1.82) is 0 Å². The summed E-state index contributed by atoms with van der Waals surface area (Å²) in [6, 6.07) is 3.43. The summed E-state index contributed by atoms with van der Waals surface area (Å²) >= 11 is 0. The number of halogens is 3. The van der Waals surface area contributed by atoms with E-state index in [-0.39, 0.29) is 17.8 Å². The molecule has 1 amide bonds. The number of nitrogens with zero attached hydrogens (tertiary/aromatic N) is 4. The highest BCUT2D eigenvalue weighted by atomic mass is 19.4. The molecule has 1 aromatic carbocycles. The zero-order valence-electron chi connectivity index (χ0n) is 14.1. The van der Waals surface area contributed by atoms with Crippen LogP contribution in [0.4, 0.5) is 13.2 Å². The molecular weight excluding hydrogens is 347 g/mol. The number of benzene rings is 1. The molecule has 1 N–H and O–H groups in total. The standard InChI is InChI=1S/C17H16F3N5O/c1-3-25-14-5-4-11(17(18,19)20)6-12(14)24-15(25)9-23-16(26)13-8-21-10(2)7-22-13/h4-8H,3,9H2,1-2H3,(H,23,26). The number of imidazole rings is 1. The van der Waals surface area contributed by atoms with Crippen molar-refractivity contribution < 1.29 is 18.0 Å². The second-order valence-electron chi connectivity index (χ2n) is 5.70. The van der Waals surface area contributed by atoms with Crippen LogP contribution in [0.15, 0.2) is 30.6 Å². The molecule has 0 saturated carbocycles. The summed E-state index contributed by atoms with van der Waals surface area (Å²) in [4.78, 5) is 24.4. The predicted octanol–water partition coefficient (Wildman–Crippen LogP) is 3.10. The highest BCUT2D eigenvalue weighted by molar-refractivity contribution is 5.91. The average molecular weight is 363 g/mol. The fourth-order valence-corrected chi connectivity index (χ4v) is 2.60. The van der Waals surface area contributed by atoms with Crippen molar-refractivity contribution in [3.63, 3.8) is 0 Å². The van der Waals surface area contributed by atoms with Crippen LogP contribution in [0.3, 0.4) is 0 Å². The maximum Gasteiger partial charge on any atom is 0.416 e. The molecule has 0 aliphatic heterocycles. The van der Waals surface area contributed by atoms with Gasteiger partial charge in [-0.1, -0.05) is 0 Å². The van der Waals surface area contributed by atoms with E-state index in [1.807, 2.05) is 6.92 Å². The fourth-order valence-electron chi connectivity index (χ4n) is 2.60. The Labute approximate surface area is 147 Å². The molecule has 3 rings (SSSR count). The molecule has 0 bridgehead atoms. The van der Waals surface area contributed by atoms with Gasteiger partial charge in [0.15, 0.2) is 0 Å². The molecule has 0 radical (unpaired) electrons. The number of aromatic nitrogens is 4. The van der Waals surface area contributed by atoms with Crippen molar-refractivity contribution in [2.75, 3.05) is 0 Å². The Morgan fingerprint density at radius 3 is 2.62 bits per heavy atom. The van der Waals surface area contributed by atoms with E-state index in [1.165, 1.54) is 18.5 Å². The zero-order chi connectivity index (χ0) is 18.9. The molecule has 0 atom stereocenters. The number of hydrogen-bond acceptors (Lipinski definition) is 4. The molecule has 6 nitrogen and oxygen atoms in total. The second kappa shape index (κ2) is 6.74. The SMILES string of the molecule is CCn1c(CNC(=O)c2cnc(C)cn2)nc2cc(C(F)(F)F)ccc21. The van der Waals surface area contributed by atoms with E-state index in [9.17, 15) is 18.0 Å². The third-order valence-corrected chi connectivity index (χ3v) is 3.89. The average Bonchev–Trinajstić information content (AvgIpc) is 2.96. The summed E-state index contributed by atoms with van der Waals surface area (Å²) < 4.78 is 40.4. The Kier molecular flexibility index (Phi) is 4.62. The molecule has 0 unspecified atom stereocenters. The lowest BCUT2D eigenvalue weighted by Gasteiger charge is -2.08. The van der Waals surface area contributed by atoms with Crippen LogP contribution in [0.2, 0.25) is 0 Å². The van der Waals surface area contributed by atoms with Gasteiger partial charge in [-0.05, 0) is 32.0 Å². The minimum Gasteiger partial charge on any atom is -0.343 e. The van der Waals surface area contributed by atoms with E-state index in [0.717, 1.165) is 12.1 Å². The largest absolute Gasteiger partial charge is 0.416 e. The van der Waals surface area contributed by atoms with Gasteiger partial charge in [0, 0.05) is 12.7 Å². The van der Waals surface area contributed by atoms with Crippen LogP contribution in [0.1, 0.15) is 34.5 Å². The van der Waals surface area contributed by atoms with Crippen LogP contribution in [0.5, 0.6) is 0 Å². The zero-order valence-corrected chi connectivity index (χ0v) is 14.1. The first-order valence-corrected chi connectivity index (χ1v) is 7.92. The first kappa shape index (κ1) is 17.8. The topological polar surface area (TPSA) is 72.7 Å². The summed E-state index contributed by atoms with van der Waals surface area (Å²) in [6.45, 7) is 4.19. The molecule has 0 saturated heterocycles. The molecule has 9 heteroatoms. The van der Waals surface area contributed by atoms with Crippen molar-refractivity contribution in [3.8, 4) is 0 Å². The van der Waals surface area contributed by atoms with Crippen molar-refractivity contribution in [3.05, 3.63) is 53.4 Å². The molecule has 0 spiro atoms. The Bertz CT molecular complexity index is 947. The Hall–Kier alpha value is -2.97. The number of aryl methyl sites for hydroxylation is 2. The third kappa shape index (κ3) is 3.51. The second-order valence-corrected chi connectivity index (χ2v) is 5.70. The summed E-state index contributed by atoms with van der Waals surface area (Å²) in [7, 11) is 0. The van der Waals surface area contributed by atoms with Crippen LogP contribution in [-0.2, 0) is 19.3 Å². The van der Waals surface area contributed by atoms with Gasteiger partial charge in [-0.3, -0.25) is 9.78 Å². The fraction of sp³-hybridized carbons (Fsp3) is 0.294. The van der Waals surface area contributed by atoms with Gasteiger partial charge < -0.3 is 9.88 Å². The smallest absolute Gasteiger partial charge is 0.343 e. The van der Waals surface area contributed by atoms with Gasteiger partial charge in [-0.25, -0.2) is 9.97 Å². The van der Waals surface area contributed by atoms with Crippen LogP contribution in [0.25, 0.3) is 11.0 Å². The van der Waals surface area contributed by atoms with Gasteiger partial charge in [-0.2, -0.15) is 13.2 Å². The van der Waals surface area contributed by atoms with E-state index in [2.05, 4.69) is 20.3 Å². The van der Waals surface area contributed by atoms with Gasteiger partial charge in [-0.15, -0.1) is 0 Å². The molecule has 0 aliphatic rings. The van der Waals surface area contributed by atoms with Crippen molar-refractivity contribution in [1.82, 2.24) is 24.8 Å². The van der Waals surface area contributed by atoms with E-state index in [0.29, 0.717) is 23.6 Å². The third-order valence-electron chi connectivity index (χ3n) is 3.89. The Balaban J connectivity index is 1.85. The molecule has 136 valence electrons. The summed E-state index contributed by atoms with van der Waals surface area (Å²) in [5.41, 5.74) is 0.918. The van der Waals surface area contributed by atoms with Gasteiger partial charge >= 0.3 is 6.18 Å². The maximum absolute atomic E-state index is 12.9. The molecule has 0 aliphatic carbocycles. The highest BCUT2D eigenvalue weighted by Gasteiger charge is 2.31. The number of alkyl halides is 3. The number of rotatable bonds is 4. The first-order chi connectivity index (χ1) is 12.3. The lowest BCUT2D eigenvalue weighted by atomic mass is 10.2. The Morgan fingerprint density at radius 2 is 2.00 bits per heavy atom. The summed E-state index contributed by atoms with van der Waals surface area (Å²) in [6.07, 6.45) is -1.58. The number of nitrogens with one attached hydrogen (secondary N) is 1. The van der Waals surface area contributed by atoms with Crippen LogP contribution < -0.4 is 5.32 Å². The van der Waals surface area contributed by atoms with Crippen LogP contribution >= 0.6 is 0 Å². The van der Waals surface area contributed by atoms with Crippen molar-refractivity contribution in [2.24, 2.45) is 0 Å². The van der Waals surface area contributed by atoms with Gasteiger partial charge in [0.05, 0.1) is 35.0 Å². The normalized spacial score (nSPS) is 11.7. The first-order valence-electron chi connectivity index (χ1n) is 7.92. The van der Waals surface area contributed by atoms with Gasteiger partial charge in [0.25, 0.3) is 5.91 Å². The highest BCUT2D eigenvalue weighted by Crippen LogP contribution is 2.31. The van der Waals surface area contributed by atoms with Crippen LogP contribution in [-0.4, -0.2) is 25.4 Å². The van der Waals surface area contributed by atoms with Crippen molar-refractivity contribution in [2.45, 2.75) is 33.1 Å². The molecule has 26 heavy (non-hydrogen) atoms. The minimum absolute atomic E-state index is 0.0677. The number of amides is 1.